The minimum Gasteiger partial charge on any atom is -0.352 e. The number of benzene rings is 2. The van der Waals surface area contributed by atoms with Crippen molar-refractivity contribution in [1.29, 1.82) is 0 Å². The monoisotopic (exact) mass is 497 g/mol. The van der Waals surface area contributed by atoms with E-state index >= 15 is 0 Å². The highest BCUT2D eigenvalue weighted by molar-refractivity contribution is 7.92. The highest BCUT2D eigenvalue weighted by atomic mass is 35.5. The van der Waals surface area contributed by atoms with Crippen LogP contribution in [0.2, 0.25) is 5.02 Å². The Morgan fingerprint density at radius 3 is 2.30 bits per heavy atom. The van der Waals surface area contributed by atoms with Gasteiger partial charge in [-0.2, -0.15) is 0 Å². The lowest BCUT2D eigenvalue weighted by molar-refractivity contribution is -0.139. The van der Waals surface area contributed by atoms with Crippen molar-refractivity contribution in [3.63, 3.8) is 0 Å². The van der Waals surface area contributed by atoms with Gasteiger partial charge in [-0.15, -0.1) is 0 Å². The van der Waals surface area contributed by atoms with Crippen molar-refractivity contribution in [2.75, 3.05) is 17.1 Å². The zero-order chi connectivity index (χ0) is 24.8. The zero-order valence-electron chi connectivity index (χ0n) is 19.1. The van der Waals surface area contributed by atoms with Crippen LogP contribution in [0.5, 0.6) is 0 Å². The third kappa shape index (κ3) is 7.71. The third-order valence-electron chi connectivity index (χ3n) is 5.21. The minimum atomic E-state index is -3.83. The summed E-state index contributed by atoms with van der Waals surface area (Å²) in [5, 5.41) is 3.16. The predicted molar refractivity (Wildman–Crippen MR) is 128 cm³/mol. The maximum atomic E-state index is 13.4. The average Bonchev–Trinajstić information content (AvgIpc) is 2.75. The number of carbonyl (C=O) groups excluding carboxylic acids is 2. The molecule has 0 aliphatic heterocycles. The van der Waals surface area contributed by atoms with Gasteiger partial charge in [-0.25, -0.2) is 12.8 Å². The van der Waals surface area contributed by atoms with Gasteiger partial charge in [0.05, 0.1) is 11.9 Å². The molecule has 0 bridgehead atoms. The highest BCUT2D eigenvalue weighted by Gasteiger charge is 2.30. The molecular weight excluding hydrogens is 469 g/mol. The van der Waals surface area contributed by atoms with Crippen LogP contribution >= 0.6 is 11.6 Å². The van der Waals surface area contributed by atoms with E-state index in [0.717, 1.165) is 10.6 Å². The molecular formula is C23H29ClFN3O4S. The fourth-order valence-electron chi connectivity index (χ4n) is 3.08. The van der Waals surface area contributed by atoms with Crippen LogP contribution in [-0.4, -0.2) is 50.0 Å². The molecule has 0 saturated carbocycles. The lowest BCUT2D eigenvalue weighted by atomic mass is 10.1. The Hall–Kier alpha value is -2.65. The second-order valence-electron chi connectivity index (χ2n) is 7.89. The van der Waals surface area contributed by atoms with Crippen molar-refractivity contribution in [2.45, 2.75) is 45.8 Å². The summed E-state index contributed by atoms with van der Waals surface area (Å²) in [6, 6.07) is 10.7. The molecule has 2 amide bonds. The molecule has 0 saturated heterocycles. The molecule has 0 unspecified atom stereocenters. The quantitative estimate of drug-likeness (QED) is 0.543. The molecule has 2 aromatic carbocycles. The average molecular weight is 498 g/mol. The van der Waals surface area contributed by atoms with Crippen molar-refractivity contribution in [1.82, 2.24) is 10.2 Å². The molecule has 0 aromatic heterocycles. The smallest absolute Gasteiger partial charge is 0.244 e. The molecule has 2 aromatic rings. The lowest BCUT2D eigenvalue weighted by Gasteiger charge is -2.32. The Morgan fingerprint density at radius 1 is 1.12 bits per heavy atom. The van der Waals surface area contributed by atoms with Crippen molar-refractivity contribution >= 4 is 39.1 Å². The predicted octanol–water partition coefficient (Wildman–Crippen LogP) is 3.58. The van der Waals surface area contributed by atoms with Crippen molar-refractivity contribution in [2.24, 2.45) is 0 Å². The van der Waals surface area contributed by atoms with Crippen molar-refractivity contribution in [3.8, 4) is 0 Å². The molecule has 0 aliphatic rings. The molecule has 2 rings (SSSR count). The number of carbonyl (C=O) groups is 2. The first-order valence-corrected chi connectivity index (χ1v) is 12.7. The van der Waals surface area contributed by atoms with Crippen LogP contribution in [0.25, 0.3) is 0 Å². The van der Waals surface area contributed by atoms with Gasteiger partial charge in [-0.1, -0.05) is 36.7 Å². The van der Waals surface area contributed by atoms with Gasteiger partial charge in [0.15, 0.2) is 0 Å². The number of halogens is 2. The van der Waals surface area contributed by atoms with Gasteiger partial charge in [-0.3, -0.25) is 13.9 Å². The van der Waals surface area contributed by atoms with Gasteiger partial charge in [0, 0.05) is 17.6 Å². The number of hydrogen-bond donors (Lipinski definition) is 1. The Bertz CT molecular complexity index is 1080. The SMILES string of the molecule is CC[C@@H](C)NC(=O)[C@@H](C)N(Cc1ccc(F)cc1)C(=O)CN(c1cccc(Cl)c1)S(C)(=O)=O. The molecule has 10 heteroatoms. The number of nitrogens with one attached hydrogen (secondary N) is 1. The van der Waals surface area contributed by atoms with E-state index in [4.69, 9.17) is 11.6 Å². The van der Waals surface area contributed by atoms with Crippen LogP contribution in [0.15, 0.2) is 48.5 Å². The van der Waals surface area contributed by atoms with Gasteiger partial charge in [0.2, 0.25) is 21.8 Å². The number of hydrogen-bond acceptors (Lipinski definition) is 4. The topological polar surface area (TPSA) is 86.8 Å². The zero-order valence-corrected chi connectivity index (χ0v) is 20.7. The van der Waals surface area contributed by atoms with Crippen LogP contribution in [0.3, 0.4) is 0 Å². The molecule has 0 radical (unpaired) electrons. The second-order valence-corrected chi connectivity index (χ2v) is 10.2. The van der Waals surface area contributed by atoms with E-state index in [-0.39, 0.29) is 24.2 Å². The van der Waals surface area contributed by atoms with E-state index in [1.165, 1.54) is 41.3 Å². The summed E-state index contributed by atoms with van der Waals surface area (Å²) < 4.78 is 39.2. The van der Waals surface area contributed by atoms with Gasteiger partial charge < -0.3 is 10.2 Å². The second kappa shape index (κ2) is 11.5. The summed E-state index contributed by atoms with van der Waals surface area (Å²) in [6.07, 6.45) is 1.70. The van der Waals surface area contributed by atoms with Crippen LogP contribution in [0.4, 0.5) is 10.1 Å². The fraction of sp³-hybridized carbons (Fsp3) is 0.391. The Kier molecular flexibility index (Phi) is 9.25. The molecule has 1 N–H and O–H groups in total. The van der Waals surface area contributed by atoms with Crippen molar-refractivity contribution < 1.29 is 22.4 Å². The number of amides is 2. The number of anilines is 1. The first-order valence-electron chi connectivity index (χ1n) is 10.5. The summed E-state index contributed by atoms with van der Waals surface area (Å²) in [6.45, 7) is 4.82. The number of rotatable bonds is 10. The van der Waals surface area contributed by atoms with E-state index in [2.05, 4.69) is 5.32 Å². The van der Waals surface area contributed by atoms with Gasteiger partial charge >= 0.3 is 0 Å². The summed E-state index contributed by atoms with van der Waals surface area (Å²) in [5.74, 6) is -1.38. The number of sulfonamides is 1. The molecule has 0 fully saturated rings. The van der Waals surface area contributed by atoms with E-state index in [1.807, 2.05) is 13.8 Å². The van der Waals surface area contributed by atoms with E-state index < -0.39 is 34.3 Å². The van der Waals surface area contributed by atoms with Crippen LogP contribution in [0, 0.1) is 5.82 Å². The van der Waals surface area contributed by atoms with E-state index in [1.54, 1.807) is 19.1 Å². The number of nitrogens with zero attached hydrogens (tertiary/aromatic N) is 2. The van der Waals surface area contributed by atoms with E-state index in [9.17, 15) is 22.4 Å². The molecule has 7 nitrogen and oxygen atoms in total. The van der Waals surface area contributed by atoms with Gasteiger partial charge in [0.1, 0.15) is 18.4 Å². The fourth-order valence-corrected chi connectivity index (χ4v) is 4.11. The van der Waals surface area contributed by atoms with E-state index in [0.29, 0.717) is 17.0 Å². The molecule has 2 atom stereocenters. The first kappa shape index (κ1) is 26.6. The minimum absolute atomic E-state index is 0.00134. The molecule has 0 aliphatic carbocycles. The van der Waals surface area contributed by atoms with Gasteiger partial charge in [-0.05, 0) is 56.2 Å². The van der Waals surface area contributed by atoms with Crippen LogP contribution < -0.4 is 9.62 Å². The Morgan fingerprint density at radius 2 is 1.76 bits per heavy atom. The summed E-state index contributed by atoms with van der Waals surface area (Å²) in [5.41, 5.74) is 0.832. The normalized spacial score (nSPS) is 13.2. The standard InChI is InChI=1S/C23H29ClFN3O4S/c1-5-16(2)26-23(30)17(3)27(14-18-9-11-20(25)12-10-18)22(29)15-28(33(4,31)32)21-8-6-7-19(24)13-21/h6-13,16-17H,5,14-15H2,1-4H3,(H,26,30)/t16-,17-/m1/s1. The summed E-state index contributed by atoms with van der Waals surface area (Å²) in [7, 11) is -3.83. The Labute approximate surface area is 199 Å². The maximum absolute atomic E-state index is 13.4. The largest absolute Gasteiger partial charge is 0.352 e. The van der Waals surface area contributed by atoms with Gasteiger partial charge in [0.25, 0.3) is 0 Å². The summed E-state index contributed by atoms with van der Waals surface area (Å²) >= 11 is 6.01. The highest BCUT2D eigenvalue weighted by Crippen LogP contribution is 2.22. The van der Waals surface area contributed by atoms with Crippen LogP contribution in [-0.2, 0) is 26.2 Å². The third-order valence-corrected chi connectivity index (χ3v) is 6.59. The Balaban J connectivity index is 2.37. The maximum Gasteiger partial charge on any atom is 0.244 e. The molecule has 33 heavy (non-hydrogen) atoms. The molecule has 180 valence electrons. The first-order chi connectivity index (χ1) is 15.4. The molecule has 0 heterocycles. The molecule has 0 spiro atoms. The summed E-state index contributed by atoms with van der Waals surface area (Å²) in [4.78, 5) is 27.4. The van der Waals surface area contributed by atoms with Crippen molar-refractivity contribution in [3.05, 3.63) is 64.9 Å². The lowest BCUT2D eigenvalue weighted by Crippen LogP contribution is -2.52. The van der Waals surface area contributed by atoms with Crippen LogP contribution in [0.1, 0.15) is 32.8 Å².